The van der Waals surface area contributed by atoms with Gasteiger partial charge >= 0.3 is 0 Å². The van der Waals surface area contributed by atoms with Gasteiger partial charge in [-0.3, -0.25) is 0 Å². The first kappa shape index (κ1) is 9.59. The molecule has 3 heteroatoms. The number of fused-ring (bicyclic) bond motifs is 1. The lowest BCUT2D eigenvalue weighted by molar-refractivity contribution is 0.409. The van der Waals surface area contributed by atoms with Crippen molar-refractivity contribution >= 4 is 26.9 Å². The van der Waals surface area contributed by atoms with Crippen molar-refractivity contribution in [2.45, 2.75) is 13.3 Å². The second-order valence-corrected chi connectivity index (χ2v) is 3.77. The van der Waals surface area contributed by atoms with Gasteiger partial charge in [0.2, 0.25) is 0 Å². The smallest absolute Gasteiger partial charge is 0.177 e. The number of benzene rings is 1. The normalized spacial score (nSPS) is 10.8. The van der Waals surface area contributed by atoms with E-state index in [0.29, 0.717) is 0 Å². The molecule has 0 spiro atoms. The zero-order chi connectivity index (χ0) is 10.1. The molecule has 2 nitrogen and oxygen atoms in total. The van der Waals surface area contributed by atoms with Crippen molar-refractivity contribution in [3.63, 3.8) is 0 Å². The molecule has 2 rings (SSSR count). The van der Waals surface area contributed by atoms with Crippen molar-refractivity contribution in [3.8, 4) is 5.75 Å². The predicted octanol–water partition coefficient (Wildman–Crippen LogP) is 3.77. The maximum absolute atomic E-state index is 5.60. The number of hydrogen-bond acceptors (Lipinski definition) is 2. The van der Waals surface area contributed by atoms with Gasteiger partial charge in [-0.2, -0.15) is 0 Å². The van der Waals surface area contributed by atoms with Crippen molar-refractivity contribution in [2.24, 2.45) is 0 Å². The fourth-order valence-electron chi connectivity index (χ4n) is 1.61. The summed E-state index contributed by atoms with van der Waals surface area (Å²) in [6.45, 7) is 2.11. The Morgan fingerprint density at radius 1 is 1.43 bits per heavy atom. The molecule has 0 bridgehead atoms. The van der Waals surface area contributed by atoms with Crippen molar-refractivity contribution in [2.75, 3.05) is 7.11 Å². The van der Waals surface area contributed by atoms with E-state index in [1.165, 1.54) is 5.56 Å². The third-order valence-corrected chi connectivity index (χ3v) is 2.95. The molecule has 0 aliphatic carbocycles. The van der Waals surface area contributed by atoms with Gasteiger partial charge in [0, 0.05) is 10.9 Å². The Balaban J connectivity index is 2.79. The summed E-state index contributed by atoms with van der Waals surface area (Å²) in [5.41, 5.74) is 2.01. The minimum Gasteiger partial charge on any atom is -0.493 e. The van der Waals surface area contributed by atoms with Crippen molar-refractivity contribution in [1.29, 1.82) is 0 Å². The van der Waals surface area contributed by atoms with Crippen LogP contribution in [-0.2, 0) is 6.42 Å². The van der Waals surface area contributed by atoms with Crippen LogP contribution in [0.3, 0.4) is 0 Å². The summed E-state index contributed by atoms with van der Waals surface area (Å²) in [4.78, 5) is 0. The van der Waals surface area contributed by atoms with Gasteiger partial charge in [0.15, 0.2) is 16.0 Å². The maximum atomic E-state index is 5.60. The van der Waals surface area contributed by atoms with E-state index in [-0.39, 0.29) is 0 Å². The molecule has 1 heterocycles. The molecule has 74 valence electrons. The number of ether oxygens (including phenoxy) is 1. The molecule has 1 aromatic heterocycles. The van der Waals surface area contributed by atoms with E-state index in [9.17, 15) is 0 Å². The van der Waals surface area contributed by atoms with Gasteiger partial charge in [-0.05, 0) is 28.4 Å². The number of hydrogen-bond donors (Lipinski definition) is 0. The molecule has 0 saturated carbocycles. The third kappa shape index (κ3) is 1.32. The van der Waals surface area contributed by atoms with Crippen molar-refractivity contribution in [3.05, 3.63) is 28.4 Å². The first-order valence-corrected chi connectivity index (χ1v) is 5.31. The van der Waals surface area contributed by atoms with Gasteiger partial charge in [0.1, 0.15) is 0 Å². The number of aryl methyl sites for hydroxylation is 1. The van der Waals surface area contributed by atoms with Crippen molar-refractivity contribution in [1.82, 2.24) is 0 Å². The van der Waals surface area contributed by atoms with Crippen LogP contribution in [0.25, 0.3) is 11.0 Å². The van der Waals surface area contributed by atoms with Gasteiger partial charge in [-0.1, -0.05) is 19.1 Å². The SMILES string of the molecule is CCc1c(Br)oc2c(OC)cccc12. The number of rotatable bonds is 2. The van der Waals surface area contributed by atoms with E-state index in [1.54, 1.807) is 7.11 Å². The van der Waals surface area contributed by atoms with Crippen LogP contribution in [0.5, 0.6) is 5.75 Å². The van der Waals surface area contributed by atoms with Crippen LogP contribution in [0.15, 0.2) is 27.3 Å². The minimum absolute atomic E-state index is 0.780. The van der Waals surface area contributed by atoms with Gasteiger partial charge in [0.05, 0.1) is 7.11 Å². The second-order valence-electron chi connectivity index (χ2n) is 3.04. The van der Waals surface area contributed by atoms with Crippen molar-refractivity contribution < 1.29 is 9.15 Å². The minimum atomic E-state index is 0.780. The standard InChI is InChI=1S/C11H11BrO2/c1-3-7-8-5-4-6-9(13-2)10(8)14-11(7)12/h4-6H,3H2,1-2H3. The Morgan fingerprint density at radius 3 is 2.86 bits per heavy atom. The average Bonchev–Trinajstić information content (AvgIpc) is 2.52. The van der Waals surface area contributed by atoms with E-state index in [2.05, 4.69) is 22.9 Å². The van der Waals surface area contributed by atoms with E-state index in [1.807, 2.05) is 18.2 Å². The molecule has 1 aromatic carbocycles. The Morgan fingerprint density at radius 2 is 2.21 bits per heavy atom. The fourth-order valence-corrected chi connectivity index (χ4v) is 2.26. The molecule has 0 unspecified atom stereocenters. The quantitative estimate of drug-likeness (QED) is 0.815. The summed E-state index contributed by atoms with van der Waals surface area (Å²) < 4.78 is 11.6. The summed E-state index contributed by atoms with van der Waals surface area (Å²) in [5, 5.41) is 1.12. The molecule has 0 aliphatic heterocycles. The first-order chi connectivity index (χ1) is 6.77. The molecule has 0 atom stereocenters. The molecule has 0 saturated heterocycles. The monoisotopic (exact) mass is 254 g/mol. The van der Waals surface area contributed by atoms with Crippen LogP contribution in [0.2, 0.25) is 0 Å². The third-order valence-electron chi connectivity index (χ3n) is 2.31. The highest BCUT2D eigenvalue weighted by molar-refractivity contribution is 9.10. The van der Waals surface area contributed by atoms with Crippen LogP contribution < -0.4 is 4.74 Å². The summed E-state index contributed by atoms with van der Waals surface area (Å²) in [5.74, 6) is 0.780. The number of halogens is 1. The molecular weight excluding hydrogens is 244 g/mol. The molecule has 14 heavy (non-hydrogen) atoms. The lowest BCUT2D eigenvalue weighted by Crippen LogP contribution is -1.82. The average molecular weight is 255 g/mol. The Hall–Kier alpha value is -0.960. The Bertz CT molecular complexity index is 460. The van der Waals surface area contributed by atoms with Crippen LogP contribution in [0.4, 0.5) is 0 Å². The highest BCUT2D eigenvalue weighted by Gasteiger charge is 2.13. The number of methoxy groups -OCH3 is 1. The molecule has 0 fully saturated rings. The lowest BCUT2D eigenvalue weighted by Gasteiger charge is -1.98. The molecule has 0 amide bonds. The van der Waals surface area contributed by atoms with Crippen LogP contribution in [0, 0.1) is 0 Å². The van der Waals surface area contributed by atoms with E-state index >= 15 is 0 Å². The number of furan rings is 1. The molecule has 0 aliphatic rings. The molecule has 0 N–H and O–H groups in total. The van der Waals surface area contributed by atoms with Gasteiger partial charge in [-0.15, -0.1) is 0 Å². The van der Waals surface area contributed by atoms with E-state index in [0.717, 1.165) is 27.8 Å². The fraction of sp³-hybridized carbons (Fsp3) is 0.273. The van der Waals surface area contributed by atoms with Gasteiger partial charge < -0.3 is 9.15 Å². The second kappa shape index (κ2) is 3.65. The van der Waals surface area contributed by atoms with E-state index < -0.39 is 0 Å². The zero-order valence-electron chi connectivity index (χ0n) is 8.13. The topological polar surface area (TPSA) is 22.4 Å². The largest absolute Gasteiger partial charge is 0.493 e. The highest BCUT2D eigenvalue weighted by Crippen LogP contribution is 2.35. The zero-order valence-corrected chi connectivity index (χ0v) is 9.72. The summed E-state index contributed by atoms with van der Waals surface area (Å²) in [6.07, 6.45) is 0.945. The highest BCUT2D eigenvalue weighted by atomic mass is 79.9. The predicted molar refractivity (Wildman–Crippen MR) is 59.8 cm³/mol. The molecule has 2 aromatic rings. The van der Waals surface area contributed by atoms with Crippen LogP contribution >= 0.6 is 15.9 Å². The van der Waals surface area contributed by atoms with E-state index in [4.69, 9.17) is 9.15 Å². The van der Waals surface area contributed by atoms with Gasteiger partial charge in [-0.25, -0.2) is 0 Å². The van der Waals surface area contributed by atoms with Crippen LogP contribution in [0.1, 0.15) is 12.5 Å². The summed E-state index contributed by atoms with van der Waals surface area (Å²) >= 11 is 3.41. The maximum Gasteiger partial charge on any atom is 0.177 e. The summed E-state index contributed by atoms with van der Waals surface area (Å²) in [7, 11) is 1.65. The Labute approximate surface area is 91.0 Å². The van der Waals surface area contributed by atoms with Gasteiger partial charge in [0.25, 0.3) is 0 Å². The lowest BCUT2D eigenvalue weighted by atomic mass is 10.1. The number of para-hydroxylation sites is 1. The summed E-state index contributed by atoms with van der Waals surface area (Å²) in [6, 6.07) is 5.92. The molecular formula is C11H11BrO2. The van der Waals surface area contributed by atoms with Crippen LogP contribution in [-0.4, -0.2) is 7.11 Å². The first-order valence-electron chi connectivity index (χ1n) is 4.51. The molecule has 0 radical (unpaired) electrons. The Kier molecular flexibility index (Phi) is 2.50.